The fourth-order valence-electron chi connectivity index (χ4n) is 1.73. The molecule has 1 unspecified atom stereocenters. The van der Waals surface area contributed by atoms with Crippen LogP contribution in [0, 0.1) is 11.3 Å². The lowest BCUT2D eigenvalue weighted by molar-refractivity contribution is 1.25. The van der Waals surface area contributed by atoms with Crippen molar-refractivity contribution in [3.8, 4) is 6.07 Å². The predicted octanol–water partition coefficient (Wildman–Crippen LogP) is 3.77. The Bertz CT molecular complexity index is 508. The molecule has 0 aliphatic heterocycles. The molecule has 2 heteroatoms. The summed E-state index contributed by atoms with van der Waals surface area (Å²) in [6.45, 7) is 0. The fourth-order valence-corrected chi connectivity index (χ4v) is 2.29. The topological polar surface area (TPSA) is 23.8 Å². The van der Waals surface area contributed by atoms with E-state index in [1.807, 2.05) is 30.5 Å². The first kappa shape index (κ1) is 10.1. The number of nitrogens with zero attached hydrogens (tertiary/aromatic N) is 1. The number of fused-ring (bicyclic) bond motifs is 1. The number of hydrogen-bond donors (Lipinski definition) is 0. The van der Waals surface area contributed by atoms with E-state index >= 15 is 0 Å². The lowest BCUT2D eigenvalue weighted by Crippen LogP contribution is -1.90. The molecule has 0 amide bonds. The molecule has 15 heavy (non-hydrogen) atoms. The van der Waals surface area contributed by atoms with Crippen LogP contribution in [0.5, 0.6) is 0 Å². The van der Waals surface area contributed by atoms with Gasteiger partial charge in [-0.15, -0.1) is 11.8 Å². The standard InChI is InChI=1S/C13H11NS/c1-15-13(9-14)12-8-4-6-10-5-2-3-7-11(10)12/h2-8,13H,1H3. The van der Waals surface area contributed by atoms with Crippen LogP contribution in [0.3, 0.4) is 0 Å². The van der Waals surface area contributed by atoms with Crippen LogP contribution >= 0.6 is 11.8 Å². The predicted molar refractivity (Wildman–Crippen MR) is 65.8 cm³/mol. The van der Waals surface area contributed by atoms with E-state index in [0.717, 1.165) is 5.56 Å². The summed E-state index contributed by atoms with van der Waals surface area (Å²) >= 11 is 1.58. The molecular formula is C13H11NS. The molecule has 0 bridgehead atoms. The van der Waals surface area contributed by atoms with E-state index in [-0.39, 0.29) is 5.25 Å². The Labute approximate surface area is 93.7 Å². The van der Waals surface area contributed by atoms with Crippen LogP contribution in [0.4, 0.5) is 0 Å². The number of thioether (sulfide) groups is 1. The smallest absolute Gasteiger partial charge is 0.117 e. The second-order valence-electron chi connectivity index (χ2n) is 3.31. The average molecular weight is 213 g/mol. The van der Waals surface area contributed by atoms with Gasteiger partial charge in [-0.25, -0.2) is 0 Å². The Morgan fingerprint density at radius 1 is 1.13 bits per heavy atom. The van der Waals surface area contributed by atoms with Gasteiger partial charge in [-0.3, -0.25) is 0 Å². The summed E-state index contributed by atoms with van der Waals surface area (Å²) in [5.74, 6) is 0. The van der Waals surface area contributed by atoms with E-state index in [4.69, 9.17) is 5.26 Å². The average Bonchev–Trinajstić information content (AvgIpc) is 2.31. The molecule has 0 spiro atoms. The van der Waals surface area contributed by atoms with Crippen molar-refractivity contribution in [2.24, 2.45) is 0 Å². The van der Waals surface area contributed by atoms with Crippen molar-refractivity contribution < 1.29 is 0 Å². The van der Waals surface area contributed by atoms with Crippen LogP contribution < -0.4 is 0 Å². The lowest BCUT2D eigenvalue weighted by Gasteiger charge is -2.09. The van der Waals surface area contributed by atoms with Gasteiger partial charge < -0.3 is 0 Å². The van der Waals surface area contributed by atoms with Crippen molar-refractivity contribution in [2.45, 2.75) is 5.25 Å². The first-order valence-corrected chi connectivity index (χ1v) is 6.05. The van der Waals surface area contributed by atoms with Gasteiger partial charge in [-0.2, -0.15) is 5.26 Å². The summed E-state index contributed by atoms with van der Waals surface area (Å²) in [7, 11) is 0. The SMILES string of the molecule is CSC(C#N)c1cccc2ccccc12. The first-order valence-electron chi connectivity index (χ1n) is 4.77. The molecule has 0 aliphatic rings. The maximum absolute atomic E-state index is 9.07. The van der Waals surface area contributed by atoms with Gasteiger partial charge in [0.25, 0.3) is 0 Å². The van der Waals surface area contributed by atoms with Crippen LogP contribution in [0.1, 0.15) is 10.8 Å². The largest absolute Gasteiger partial charge is 0.197 e. The van der Waals surface area contributed by atoms with Crippen molar-refractivity contribution in [1.82, 2.24) is 0 Å². The van der Waals surface area contributed by atoms with Gasteiger partial charge in [0.2, 0.25) is 0 Å². The molecule has 0 aliphatic carbocycles. The molecule has 1 atom stereocenters. The van der Waals surface area contributed by atoms with E-state index < -0.39 is 0 Å². The van der Waals surface area contributed by atoms with E-state index in [0.29, 0.717) is 0 Å². The lowest BCUT2D eigenvalue weighted by atomic mass is 10.0. The molecule has 0 heterocycles. The second-order valence-corrected chi connectivity index (χ2v) is 4.26. The Kier molecular flexibility index (Phi) is 2.94. The van der Waals surface area contributed by atoms with Gasteiger partial charge in [0, 0.05) is 0 Å². The summed E-state index contributed by atoms with van der Waals surface area (Å²) < 4.78 is 0. The number of nitriles is 1. The van der Waals surface area contributed by atoms with Crippen LogP contribution in [-0.2, 0) is 0 Å². The Balaban J connectivity index is 2.66. The fraction of sp³-hybridized carbons (Fsp3) is 0.154. The van der Waals surface area contributed by atoms with Crippen LogP contribution in [0.15, 0.2) is 42.5 Å². The zero-order valence-electron chi connectivity index (χ0n) is 8.47. The van der Waals surface area contributed by atoms with Crippen LogP contribution in [0.2, 0.25) is 0 Å². The minimum absolute atomic E-state index is 0.0731. The summed E-state index contributed by atoms with van der Waals surface area (Å²) in [6, 6.07) is 16.6. The Morgan fingerprint density at radius 3 is 2.60 bits per heavy atom. The van der Waals surface area contributed by atoms with Crippen molar-refractivity contribution in [3.05, 3.63) is 48.0 Å². The third kappa shape index (κ3) is 1.84. The highest BCUT2D eigenvalue weighted by Crippen LogP contribution is 2.31. The maximum atomic E-state index is 9.07. The van der Waals surface area contributed by atoms with E-state index in [9.17, 15) is 0 Å². The Morgan fingerprint density at radius 2 is 1.87 bits per heavy atom. The van der Waals surface area contributed by atoms with Crippen LogP contribution in [-0.4, -0.2) is 6.26 Å². The summed E-state index contributed by atoms with van der Waals surface area (Å²) in [5.41, 5.74) is 1.11. The molecular weight excluding hydrogens is 202 g/mol. The second kappa shape index (κ2) is 4.37. The van der Waals surface area contributed by atoms with Gasteiger partial charge in [-0.05, 0) is 22.6 Å². The molecule has 2 aromatic carbocycles. The van der Waals surface area contributed by atoms with Gasteiger partial charge in [0.05, 0.1) is 6.07 Å². The van der Waals surface area contributed by atoms with E-state index in [2.05, 4.69) is 24.3 Å². The highest BCUT2D eigenvalue weighted by molar-refractivity contribution is 7.99. The molecule has 2 rings (SSSR count). The molecule has 0 aromatic heterocycles. The van der Waals surface area contributed by atoms with Crippen LogP contribution in [0.25, 0.3) is 10.8 Å². The van der Waals surface area contributed by atoms with Gasteiger partial charge in [0.15, 0.2) is 0 Å². The quantitative estimate of drug-likeness (QED) is 0.758. The van der Waals surface area contributed by atoms with E-state index in [1.54, 1.807) is 11.8 Å². The Hall–Kier alpha value is -1.46. The monoisotopic (exact) mass is 213 g/mol. The summed E-state index contributed by atoms with van der Waals surface area (Å²) in [5, 5.41) is 11.4. The first-order chi connectivity index (χ1) is 7.36. The van der Waals surface area contributed by atoms with Crippen molar-refractivity contribution >= 4 is 22.5 Å². The van der Waals surface area contributed by atoms with Crippen molar-refractivity contribution in [1.29, 1.82) is 5.26 Å². The minimum atomic E-state index is -0.0731. The molecule has 1 nitrogen and oxygen atoms in total. The van der Waals surface area contributed by atoms with Gasteiger partial charge in [-0.1, -0.05) is 42.5 Å². The highest BCUT2D eigenvalue weighted by atomic mass is 32.2. The molecule has 0 N–H and O–H groups in total. The van der Waals surface area contributed by atoms with Gasteiger partial charge >= 0.3 is 0 Å². The molecule has 0 fully saturated rings. The molecule has 74 valence electrons. The number of hydrogen-bond acceptors (Lipinski definition) is 2. The normalized spacial score (nSPS) is 12.3. The molecule has 2 aromatic rings. The highest BCUT2D eigenvalue weighted by Gasteiger charge is 2.11. The molecule has 0 saturated carbocycles. The zero-order chi connectivity index (χ0) is 10.7. The maximum Gasteiger partial charge on any atom is 0.117 e. The van der Waals surface area contributed by atoms with E-state index in [1.165, 1.54) is 10.8 Å². The minimum Gasteiger partial charge on any atom is -0.197 e. The third-order valence-electron chi connectivity index (χ3n) is 2.46. The molecule has 0 radical (unpaired) electrons. The van der Waals surface area contributed by atoms with Crippen molar-refractivity contribution in [2.75, 3.05) is 6.26 Å². The number of rotatable bonds is 2. The zero-order valence-corrected chi connectivity index (χ0v) is 9.29. The summed E-state index contributed by atoms with van der Waals surface area (Å²) in [6.07, 6.45) is 1.97. The summed E-state index contributed by atoms with van der Waals surface area (Å²) in [4.78, 5) is 0. The van der Waals surface area contributed by atoms with Gasteiger partial charge in [0.1, 0.15) is 5.25 Å². The van der Waals surface area contributed by atoms with Crippen molar-refractivity contribution in [3.63, 3.8) is 0 Å². The molecule has 0 saturated heterocycles. The number of benzene rings is 2. The third-order valence-corrected chi connectivity index (χ3v) is 3.29.